The van der Waals surface area contributed by atoms with Crippen molar-refractivity contribution in [1.29, 1.82) is 5.26 Å². The summed E-state index contributed by atoms with van der Waals surface area (Å²) in [5, 5.41) is 14.8. The van der Waals surface area contributed by atoms with Gasteiger partial charge >= 0.3 is 0 Å². The van der Waals surface area contributed by atoms with E-state index in [-0.39, 0.29) is 11.7 Å². The molecule has 6 nitrogen and oxygen atoms in total. The van der Waals surface area contributed by atoms with E-state index in [0.717, 1.165) is 49.4 Å². The number of nitriles is 1. The van der Waals surface area contributed by atoms with E-state index in [9.17, 15) is 19.4 Å². The Hall–Kier alpha value is -4.26. The van der Waals surface area contributed by atoms with Crippen molar-refractivity contribution in [3.63, 3.8) is 0 Å². The molecule has 3 aromatic carbocycles. The number of hydrogen-bond donors (Lipinski definition) is 0. The number of nitroso groups, excluding NO2 is 1. The van der Waals surface area contributed by atoms with Gasteiger partial charge in [0.25, 0.3) is 5.91 Å². The van der Waals surface area contributed by atoms with E-state index in [2.05, 4.69) is 39.5 Å². The normalized spacial score (nSPS) is 13.3. The lowest BCUT2D eigenvalue weighted by Crippen LogP contribution is -2.50. The van der Waals surface area contributed by atoms with Gasteiger partial charge in [-0.05, 0) is 73.0 Å². The zero-order valence-corrected chi connectivity index (χ0v) is 22.4. The maximum atomic E-state index is 14.6. The summed E-state index contributed by atoms with van der Waals surface area (Å²) in [4.78, 5) is 26.0. The van der Waals surface area contributed by atoms with Crippen LogP contribution in [0.1, 0.15) is 10.4 Å². The third-order valence-corrected chi connectivity index (χ3v) is 8.79. The number of carbonyl (C=O) groups excluding carboxylic acids is 1. The topological polar surface area (TPSA) is 78.5 Å². The smallest absolute Gasteiger partial charge is 0.292 e. The molecule has 1 saturated heterocycles. The molecule has 0 aliphatic carbocycles. The second-order valence-corrected chi connectivity index (χ2v) is 11.4. The maximum Gasteiger partial charge on any atom is 0.292 e. The Bertz CT molecular complexity index is 1780. The Morgan fingerprint density at radius 2 is 1.87 bits per heavy atom. The highest BCUT2D eigenvalue weighted by atomic mass is 32.2. The van der Waals surface area contributed by atoms with Crippen LogP contribution in [0.15, 0.2) is 88.2 Å². The zero-order chi connectivity index (χ0) is 27.1. The van der Waals surface area contributed by atoms with Crippen LogP contribution >= 0.6 is 23.3 Å². The Balaban J connectivity index is 1.55. The average Bonchev–Trinajstić information content (AvgIpc) is 3.51. The molecule has 0 N–H and O–H groups in total. The van der Waals surface area contributed by atoms with Crippen molar-refractivity contribution in [3.05, 3.63) is 99.3 Å². The van der Waals surface area contributed by atoms with Gasteiger partial charge in [-0.2, -0.15) is 5.26 Å². The van der Waals surface area contributed by atoms with Crippen LogP contribution in [0, 0.1) is 34.9 Å². The molecule has 1 amide bonds. The zero-order valence-electron chi connectivity index (χ0n) is 20.8. The third kappa shape index (κ3) is 4.62. The molecule has 1 fully saturated rings. The summed E-state index contributed by atoms with van der Waals surface area (Å²) in [6.45, 7) is 2.91. The predicted molar refractivity (Wildman–Crippen MR) is 154 cm³/mol. The number of rotatable bonds is 6. The van der Waals surface area contributed by atoms with Crippen LogP contribution in [0.2, 0.25) is 0 Å². The summed E-state index contributed by atoms with van der Waals surface area (Å²) < 4.78 is 16.8. The quantitative estimate of drug-likeness (QED) is 0.202. The van der Waals surface area contributed by atoms with Gasteiger partial charge in [-0.25, -0.2) is 4.39 Å². The molecule has 0 atom stereocenters. The van der Waals surface area contributed by atoms with Gasteiger partial charge in [0, 0.05) is 50.7 Å². The van der Waals surface area contributed by atoms with Crippen molar-refractivity contribution in [2.45, 2.75) is 11.8 Å². The van der Waals surface area contributed by atoms with Gasteiger partial charge in [0.15, 0.2) is 0 Å². The molecule has 0 spiro atoms. The molecule has 0 radical (unpaired) electrons. The van der Waals surface area contributed by atoms with Crippen molar-refractivity contribution in [1.82, 2.24) is 3.97 Å². The van der Waals surface area contributed by atoms with Crippen molar-refractivity contribution >= 4 is 45.8 Å². The number of hydrogen-bond acceptors (Lipinski definition) is 6. The fraction of sp³-hybridized carbons (Fsp3) is 0.133. The van der Waals surface area contributed by atoms with Crippen molar-refractivity contribution in [3.8, 4) is 28.5 Å². The summed E-state index contributed by atoms with van der Waals surface area (Å²) in [7, 11) is 0. The van der Waals surface area contributed by atoms with Crippen molar-refractivity contribution in [2.24, 2.45) is 11.1 Å². The molecule has 0 saturated carbocycles. The van der Waals surface area contributed by atoms with Crippen LogP contribution < -0.4 is 4.90 Å². The first-order chi connectivity index (χ1) is 18.9. The van der Waals surface area contributed by atoms with Crippen LogP contribution in [0.25, 0.3) is 33.3 Å². The third-order valence-electron chi connectivity index (χ3n) is 6.91. The van der Waals surface area contributed by atoms with E-state index >= 15 is 0 Å². The first kappa shape index (κ1) is 25.0. The molecule has 2 aromatic heterocycles. The lowest BCUT2D eigenvalue weighted by Gasteiger charge is -2.38. The number of thiophene rings is 1. The fourth-order valence-corrected chi connectivity index (χ4v) is 6.59. The minimum atomic E-state index is -0.618. The molecule has 39 heavy (non-hydrogen) atoms. The molecule has 5 aromatic rings. The lowest BCUT2D eigenvalue weighted by molar-refractivity contribution is -0.122. The Labute approximate surface area is 232 Å². The molecular formula is C30H21FN4O2S2. The van der Waals surface area contributed by atoms with Crippen LogP contribution in [0.4, 0.5) is 10.1 Å². The number of amides is 1. The maximum absolute atomic E-state index is 14.6. The number of anilines is 1. The first-order valence-electron chi connectivity index (χ1n) is 12.3. The molecular weight excluding hydrogens is 531 g/mol. The number of fused-ring (bicyclic) bond motifs is 1. The van der Waals surface area contributed by atoms with Gasteiger partial charge in [0.05, 0.1) is 17.1 Å². The average molecular weight is 553 g/mol. The number of benzene rings is 3. The predicted octanol–water partition coefficient (Wildman–Crippen LogP) is 7.64. The van der Waals surface area contributed by atoms with E-state index in [4.69, 9.17) is 0 Å². The molecule has 192 valence electrons. The largest absolute Gasteiger partial charge is 0.370 e. The molecule has 0 bridgehead atoms. The van der Waals surface area contributed by atoms with E-state index < -0.39 is 5.91 Å². The van der Waals surface area contributed by atoms with E-state index in [0.29, 0.717) is 18.0 Å². The van der Waals surface area contributed by atoms with Gasteiger partial charge in [-0.1, -0.05) is 29.8 Å². The van der Waals surface area contributed by atoms with Crippen LogP contribution in [-0.4, -0.2) is 23.0 Å². The molecule has 3 heterocycles. The SMILES string of the molecule is Cc1ccc(Sn2c(-c3cccc(N4CC(C(=O)N=O)C4)c3)c(-c3csc(C#N)c3)c3cc(F)ccc32)cc1. The number of nitrogens with zero attached hydrogens (tertiary/aromatic N) is 4. The summed E-state index contributed by atoms with van der Waals surface area (Å²) >= 11 is 2.91. The highest BCUT2D eigenvalue weighted by molar-refractivity contribution is 7.98. The Morgan fingerprint density at radius 1 is 1.08 bits per heavy atom. The standard InChI is InChI=1S/C30H21FN4O2S2/c1-18-5-8-24(9-6-18)39-35-27-10-7-22(31)13-26(27)28(20-12-25(14-32)38-17-20)29(35)19-3-2-4-23(11-19)34-15-21(16-34)30(36)33-37/h2-13,17,21H,15-16H2,1H3. The van der Waals surface area contributed by atoms with E-state index in [1.165, 1.54) is 17.4 Å². The van der Waals surface area contributed by atoms with Crippen molar-refractivity contribution < 1.29 is 9.18 Å². The number of aromatic nitrogens is 1. The van der Waals surface area contributed by atoms with E-state index in [1.807, 2.05) is 47.5 Å². The molecule has 0 unspecified atom stereocenters. The van der Waals surface area contributed by atoms with Crippen LogP contribution in [-0.2, 0) is 4.79 Å². The number of carbonyl (C=O) groups is 1. The van der Waals surface area contributed by atoms with Crippen LogP contribution in [0.3, 0.4) is 0 Å². The van der Waals surface area contributed by atoms with Gasteiger partial charge in [-0.3, -0.25) is 8.77 Å². The van der Waals surface area contributed by atoms with Gasteiger partial charge in [0.1, 0.15) is 16.8 Å². The van der Waals surface area contributed by atoms with Gasteiger partial charge < -0.3 is 4.90 Å². The summed E-state index contributed by atoms with van der Waals surface area (Å²) in [6.07, 6.45) is 0. The highest BCUT2D eigenvalue weighted by Gasteiger charge is 2.34. The monoisotopic (exact) mass is 552 g/mol. The number of aryl methyl sites for hydroxylation is 1. The molecule has 1 aliphatic rings. The summed E-state index contributed by atoms with van der Waals surface area (Å²) in [5.41, 5.74) is 6.42. The molecule has 9 heteroatoms. The summed E-state index contributed by atoms with van der Waals surface area (Å²) in [5.74, 6) is -1.34. The second-order valence-electron chi connectivity index (χ2n) is 9.48. The number of halogens is 1. The van der Waals surface area contributed by atoms with Gasteiger partial charge in [-0.15, -0.1) is 16.2 Å². The van der Waals surface area contributed by atoms with Crippen molar-refractivity contribution in [2.75, 3.05) is 18.0 Å². The lowest BCUT2D eigenvalue weighted by atomic mass is 9.96. The first-order valence-corrected chi connectivity index (χ1v) is 13.9. The van der Waals surface area contributed by atoms with E-state index in [1.54, 1.807) is 24.1 Å². The summed E-state index contributed by atoms with van der Waals surface area (Å²) in [6, 6.07) is 25.1. The molecule has 6 rings (SSSR count). The Morgan fingerprint density at radius 3 is 2.59 bits per heavy atom. The second kappa shape index (κ2) is 10.1. The highest BCUT2D eigenvalue weighted by Crippen LogP contribution is 2.46. The van der Waals surface area contributed by atoms with Gasteiger partial charge in [0.2, 0.25) is 0 Å². The Kier molecular flexibility index (Phi) is 6.51. The minimum Gasteiger partial charge on any atom is -0.370 e. The van der Waals surface area contributed by atoms with Crippen LogP contribution in [0.5, 0.6) is 0 Å². The molecule has 1 aliphatic heterocycles. The minimum absolute atomic E-state index is 0.336. The fourth-order valence-electron chi connectivity index (χ4n) is 4.88.